The smallest absolute Gasteiger partial charge is 0.445 e. The number of amidine groups is 1. The molecule has 0 aromatic heterocycles. The number of amides is 1. The van der Waals surface area contributed by atoms with Crippen LogP contribution in [0, 0.1) is 0 Å². The van der Waals surface area contributed by atoms with Gasteiger partial charge in [-0.2, -0.15) is 0 Å². The van der Waals surface area contributed by atoms with Gasteiger partial charge in [-0.1, -0.05) is 59.4 Å². The molecule has 0 atom stereocenters. The summed E-state index contributed by atoms with van der Waals surface area (Å²) in [5.74, 6) is 0.878. The maximum Gasteiger partial charge on any atom is 0.445 e. The van der Waals surface area contributed by atoms with Crippen molar-refractivity contribution in [3.05, 3.63) is 78.4 Å². The van der Waals surface area contributed by atoms with Crippen molar-refractivity contribution < 1.29 is 14.4 Å². The third-order valence-corrected chi connectivity index (χ3v) is 5.55. The average molecular weight is 405 g/mol. The van der Waals surface area contributed by atoms with Gasteiger partial charge in [-0.25, -0.2) is 9.69 Å². The van der Waals surface area contributed by atoms with E-state index in [1.165, 1.54) is 4.90 Å². The van der Waals surface area contributed by atoms with Gasteiger partial charge in [0.05, 0.1) is 18.5 Å². The average Bonchev–Trinajstić information content (AvgIpc) is 2.76. The van der Waals surface area contributed by atoms with Crippen LogP contribution >= 0.6 is 11.8 Å². The van der Waals surface area contributed by atoms with Crippen molar-refractivity contribution in [1.29, 1.82) is 0 Å². The number of fused-ring (bicyclic) bond motifs is 2. The van der Waals surface area contributed by atoms with Gasteiger partial charge >= 0.3 is 6.09 Å². The first kappa shape index (κ1) is 18.9. The fraction of sp³-hybridized carbons (Fsp3) is 0.0909. The Balaban J connectivity index is 1.56. The van der Waals surface area contributed by atoms with Gasteiger partial charge < -0.3 is 10.5 Å². The van der Waals surface area contributed by atoms with Crippen LogP contribution in [0.2, 0.25) is 0 Å². The molecule has 0 radical (unpaired) electrons. The Kier molecular flexibility index (Phi) is 5.39. The summed E-state index contributed by atoms with van der Waals surface area (Å²) in [5.41, 5.74) is 8.35. The monoisotopic (exact) mass is 405 g/mol. The number of para-hydroxylation sites is 3. The summed E-state index contributed by atoms with van der Waals surface area (Å²) in [6, 6.07) is 22.8. The van der Waals surface area contributed by atoms with E-state index >= 15 is 0 Å². The van der Waals surface area contributed by atoms with Crippen LogP contribution in [-0.4, -0.2) is 19.0 Å². The number of hydrogen-bond donors (Lipinski definition) is 1. The number of carbonyl (C=O) groups is 1. The lowest BCUT2D eigenvalue weighted by Crippen LogP contribution is -2.29. The second-order valence-corrected chi connectivity index (χ2v) is 7.39. The predicted molar refractivity (Wildman–Crippen MR) is 114 cm³/mol. The molecule has 3 aromatic rings. The lowest BCUT2D eigenvalue weighted by Gasteiger charge is -2.29. The Morgan fingerprint density at radius 1 is 0.966 bits per heavy atom. The van der Waals surface area contributed by atoms with Crippen molar-refractivity contribution in [3.8, 4) is 5.75 Å². The number of benzene rings is 3. The van der Waals surface area contributed by atoms with E-state index in [0.717, 1.165) is 26.7 Å². The van der Waals surface area contributed by atoms with Crippen molar-refractivity contribution in [2.24, 2.45) is 10.9 Å². The third-order valence-electron chi connectivity index (χ3n) is 4.42. The first-order valence-electron chi connectivity index (χ1n) is 8.98. The van der Waals surface area contributed by atoms with E-state index in [0.29, 0.717) is 12.2 Å². The van der Waals surface area contributed by atoms with Crippen LogP contribution < -0.4 is 15.4 Å². The van der Waals surface area contributed by atoms with E-state index in [4.69, 9.17) is 15.3 Å². The molecule has 1 heterocycles. The van der Waals surface area contributed by atoms with Crippen molar-refractivity contribution in [3.63, 3.8) is 0 Å². The van der Waals surface area contributed by atoms with E-state index in [-0.39, 0.29) is 5.84 Å². The standard InChI is InChI=1S/C22H19N3O3S/c1-27-18-11-5-2-8-15(18)14-21(23)24-28-22(26)25-16-9-3-6-12-19(16)29-20-13-7-4-10-17(20)25/h2-13H,14H2,1H3,(H2,23,24). The van der Waals surface area contributed by atoms with Crippen LogP contribution in [0.15, 0.2) is 87.7 Å². The van der Waals surface area contributed by atoms with Crippen molar-refractivity contribution >= 4 is 35.1 Å². The van der Waals surface area contributed by atoms with E-state index < -0.39 is 6.09 Å². The quantitative estimate of drug-likeness (QED) is 0.288. The number of hydrogen-bond acceptors (Lipinski definition) is 5. The molecule has 146 valence electrons. The minimum Gasteiger partial charge on any atom is -0.496 e. The van der Waals surface area contributed by atoms with Gasteiger partial charge in [-0.05, 0) is 30.3 Å². The molecule has 1 amide bonds. The molecule has 1 aliphatic heterocycles. The van der Waals surface area contributed by atoms with Crippen molar-refractivity contribution in [2.75, 3.05) is 12.0 Å². The number of carbonyl (C=O) groups excluding carboxylic acids is 1. The molecule has 0 fully saturated rings. The molecule has 6 nitrogen and oxygen atoms in total. The highest BCUT2D eigenvalue weighted by molar-refractivity contribution is 7.99. The Hall–Kier alpha value is -3.45. The van der Waals surface area contributed by atoms with Crippen LogP contribution in [0.4, 0.5) is 16.2 Å². The number of nitrogens with zero attached hydrogens (tertiary/aromatic N) is 2. The lowest BCUT2D eigenvalue weighted by atomic mass is 10.1. The molecule has 7 heteroatoms. The second-order valence-electron chi connectivity index (χ2n) is 6.30. The number of methoxy groups -OCH3 is 1. The van der Waals surface area contributed by atoms with E-state index in [2.05, 4.69) is 5.16 Å². The van der Waals surface area contributed by atoms with Gasteiger partial charge in [0.2, 0.25) is 0 Å². The number of ether oxygens (including phenoxy) is 1. The second kappa shape index (κ2) is 8.28. The molecule has 0 aliphatic carbocycles. The molecule has 2 N–H and O–H groups in total. The van der Waals surface area contributed by atoms with Gasteiger partial charge in [0, 0.05) is 21.8 Å². The topological polar surface area (TPSA) is 77.1 Å². The lowest BCUT2D eigenvalue weighted by molar-refractivity contribution is 0.160. The molecule has 3 aromatic carbocycles. The molecule has 1 aliphatic rings. The fourth-order valence-corrected chi connectivity index (χ4v) is 4.17. The minimum absolute atomic E-state index is 0.177. The number of nitrogens with two attached hydrogens (primary N) is 1. The van der Waals surface area contributed by atoms with Gasteiger partial charge in [0.25, 0.3) is 0 Å². The normalized spacial score (nSPS) is 12.7. The maximum atomic E-state index is 12.9. The van der Waals surface area contributed by atoms with Crippen LogP contribution in [-0.2, 0) is 11.3 Å². The predicted octanol–water partition coefficient (Wildman–Crippen LogP) is 4.95. The van der Waals surface area contributed by atoms with Crippen molar-refractivity contribution in [1.82, 2.24) is 0 Å². The Labute approximate surface area is 172 Å². The Morgan fingerprint density at radius 3 is 2.21 bits per heavy atom. The highest BCUT2D eigenvalue weighted by atomic mass is 32.2. The fourth-order valence-electron chi connectivity index (χ4n) is 3.12. The molecule has 4 rings (SSSR count). The van der Waals surface area contributed by atoms with Gasteiger partial charge in [0.15, 0.2) is 0 Å². The van der Waals surface area contributed by atoms with Crippen LogP contribution in [0.5, 0.6) is 5.75 Å². The summed E-state index contributed by atoms with van der Waals surface area (Å²) < 4.78 is 5.32. The zero-order valence-corrected chi connectivity index (χ0v) is 16.6. The summed E-state index contributed by atoms with van der Waals surface area (Å²) in [5, 5.41) is 3.86. The van der Waals surface area contributed by atoms with Gasteiger partial charge in [-0.3, -0.25) is 4.84 Å². The minimum atomic E-state index is -0.617. The highest BCUT2D eigenvalue weighted by Gasteiger charge is 2.29. The molecular formula is C22H19N3O3S. The summed E-state index contributed by atoms with van der Waals surface area (Å²) in [6.07, 6.45) is -0.312. The third kappa shape index (κ3) is 3.90. The summed E-state index contributed by atoms with van der Waals surface area (Å²) >= 11 is 1.61. The van der Waals surface area contributed by atoms with Crippen LogP contribution in [0.25, 0.3) is 0 Å². The van der Waals surface area contributed by atoms with Crippen LogP contribution in [0.3, 0.4) is 0 Å². The summed E-state index contributed by atoms with van der Waals surface area (Å²) in [4.78, 5) is 21.6. The Bertz CT molecular complexity index is 1040. The van der Waals surface area contributed by atoms with Gasteiger partial charge in [-0.15, -0.1) is 0 Å². The zero-order valence-electron chi connectivity index (χ0n) is 15.7. The van der Waals surface area contributed by atoms with Crippen molar-refractivity contribution in [2.45, 2.75) is 16.2 Å². The summed E-state index contributed by atoms with van der Waals surface area (Å²) in [7, 11) is 1.59. The Morgan fingerprint density at radius 2 is 1.55 bits per heavy atom. The molecular weight excluding hydrogens is 386 g/mol. The maximum absolute atomic E-state index is 12.9. The first-order valence-corrected chi connectivity index (χ1v) is 9.80. The number of oxime groups is 1. The molecule has 0 unspecified atom stereocenters. The largest absolute Gasteiger partial charge is 0.496 e. The molecule has 0 saturated heterocycles. The molecule has 29 heavy (non-hydrogen) atoms. The molecule has 0 spiro atoms. The SMILES string of the molecule is COc1ccccc1C/C(N)=N/OC(=O)N1c2ccccc2Sc2ccccc21. The van der Waals surface area contributed by atoms with Gasteiger partial charge in [0.1, 0.15) is 11.6 Å². The molecule has 0 bridgehead atoms. The highest BCUT2D eigenvalue weighted by Crippen LogP contribution is 2.48. The summed E-state index contributed by atoms with van der Waals surface area (Å²) in [6.45, 7) is 0. The van der Waals surface area contributed by atoms with E-state index in [1.807, 2.05) is 72.8 Å². The number of rotatable bonds is 4. The molecule has 0 saturated carbocycles. The first-order chi connectivity index (χ1) is 14.2. The van der Waals surface area contributed by atoms with Crippen LogP contribution in [0.1, 0.15) is 5.56 Å². The zero-order chi connectivity index (χ0) is 20.2. The van der Waals surface area contributed by atoms with E-state index in [9.17, 15) is 4.79 Å². The number of anilines is 2. The van der Waals surface area contributed by atoms with E-state index in [1.54, 1.807) is 18.9 Å².